The molecule has 1 aromatic carbocycles. The zero-order valence-electron chi connectivity index (χ0n) is 17.6. The zero-order valence-corrected chi connectivity index (χ0v) is 17.6. The van der Waals surface area contributed by atoms with Crippen LogP contribution in [0.15, 0.2) is 41.5 Å². The molecule has 2 N–H and O–H groups in total. The molecule has 0 aliphatic carbocycles. The Morgan fingerprint density at radius 3 is 2.68 bits per heavy atom. The van der Waals surface area contributed by atoms with Gasteiger partial charge in [0, 0.05) is 39.0 Å². The third-order valence-corrected chi connectivity index (χ3v) is 4.45. The predicted octanol–water partition coefficient (Wildman–Crippen LogP) is 3.49. The number of para-hydroxylation sites is 1. The third-order valence-electron chi connectivity index (χ3n) is 4.45. The summed E-state index contributed by atoms with van der Waals surface area (Å²) in [5.41, 5.74) is 3.47. The highest BCUT2D eigenvalue weighted by Gasteiger charge is 2.06. The maximum Gasteiger partial charge on any atom is 0.191 e. The van der Waals surface area contributed by atoms with Gasteiger partial charge in [-0.3, -0.25) is 4.99 Å². The van der Waals surface area contributed by atoms with E-state index >= 15 is 0 Å². The van der Waals surface area contributed by atoms with Crippen LogP contribution in [0.5, 0.6) is 0 Å². The molecule has 2 rings (SSSR count). The highest BCUT2D eigenvalue weighted by atomic mass is 16.5. The molecular formula is C22H35N5O. The number of rotatable bonds is 12. The molecule has 6 nitrogen and oxygen atoms in total. The molecule has 0 unspecified atom stereocenters. The number of aromatic nitrogens is 2. The lowest BCUT2D eigenvalue weighted by Crippen LogP contribution is -2.38. The normalized spacial score (nSPS) is 11.6. The fourth-order valence-corrected chi connectivity index (χ4v) is 2.94. The van der Waals surface area contributed by atoms with E-state index in [2.05, 4.69) is 47.9 Å². The van der Waals surface area contributed by atoms with Crippen LogP contribution in [0.4, 0.5) is 0 Å². The molecule has 0 bridgehead atoms. The van der Waals surface area contributed by atoms with Crippen LogP contribution < -0.4 is 10.6 Å². The number of hydrogen-bond donors (Lipinski definition) is 2. The summed E-state index contributed by atoms with van der Waals surface area (Å²) < 4.78 is 7.33. The summed E-state index contributed by atoms with van der Waals surface area (Å²) in [5.74, 6) is 0.899. The quantitative estimate of drug-likeness (QED) is 0.334. The molecule has 0 amide bonds. The number of benzene rings is 1. The highest BCUT2D eigenvalue weighted by molar-refractivity contribution is 5.79. The van der Waals surface area contributed by atoms with Crippen molar-refractivity contribution in [2.45, 2.75) is 46.5 Å². The van der Waals surface area contributed by atoms with E-state index < -0.39 is 0 Å². The minimum Gasteiger partial charge on any atom is -0.382 e. The van der Waals surface area contributed by atoms with E-state index in [0.29, 0.717) is 0 Å². The fraction of sp³-hybridized carbons (Fsp3) is 0.545. The van der Waals surface area contributed by atoms with Gasteiger partial charge in [-0.25, -0.2) is 4.68 Å². The second kappa shape index (κ2) is 12.9. The molecule has 28 heavy (non-hydrogen) atoms. The van der Waals surface area contributed by atoms with Gasteiger partial charge in [0.15, 0.2) is 5.96 Å². The number of ether oxygens (including phenoxy) is 1. The minimum absolute atomic E-state index is 0.793. The van der Waals surface area contributed by atoms with Crippen molar-refractivity contribution in [2.24, 2.45) is 4.99 Å². The highest BCUT2D eigenvalue weighted by Crippen LogP contribution is 2.13. The van der Waals surface area contributed by atoms with Gasteiger partial charge in [0.25, 0.3) is 0 Å². The van der Waals surface area contributed by atoms with Gasteiger partial charge in [0.2, 0.25) is 0 Å². The van der Waals surface area contributed by atoms with Gasteiger partial charge in [-0.1, -0.05) is 18.2 Å². The summed E-state index contributed by atoms with van der Waals surface area (Å²) in [6.45, 7) is 10.4. The van der Waals surface area contributed by atoms with E-state index in [4.69, 9.17) is 9.73 Å². The molecule has 0 saturated carbocycles. The summed E-state index contributed by atoms with van der Waals surface area (Å²) in [5, 5.41) is 11.4. The monoisotopic (exact) mass is 385 g/mol. The maximum absolute atomic E-state index is 5.37. The van der Waals surface area contributed by atoms with E-state index in [9.17, 15) is 0 Å². The molecule has 0 atom stereocenters. The molecule has 154 valence electrons. The second-order valence-corrected chi connectivity index (χ2v) is 6.71. The summed E-state index contributed by atoms with van der Waals surface area (Å²) >= 11 is 0. The molecule has 2 aromatic rings. The second-order valence-electron chi connectivity index (χ2n) is 6.71. The largest absolute Gasteiger partial charge is 0.382 e. The van der Waals surface area contributed by atoms with Gasteiger partial charge in [0.1, 0.15) is 0 Å². The fourth-order valence-electron chi connectivity index (χ4n) is 2.94. The standard InChI is InChI=1S/C22H35N5O/c1-4-23-22(24-15-9-10-17-28-5-2)25-16-11-12-20-18-27(26-19(20)3)21-13-7-6-8-14-21/h6-8,13-14,18H,4-5,9-12,15-17H2,1-3H3,(H2,23,24,25). The topological polar surface area (TPSA) is 63.5 Å². The van der Waals surface area contributed by atoms with Crippen molar-refractivity contribution in [1.82, 2.24) is 20.4 Å². The van der Waals surface area contributed by atoms with Gasteiger partial charge in [-0.15, -0.1) is 0 Å². The summed E-state index contributed by atoms with van der Waals surface area (Å²) in [6.07, 6.45) is 6.28. The van der Waals surface area contributed by atoms with Crippen molar-refractivity contribution < 1.29 is 4.74 Å². The summed E-state index contributed by atoms with van der Waals surface area (Å²) in [4.78, 5) is 4.69. The van der Waals surface area contributed by atoms with E-state index in [1.807, 2.05) is 29.8 Å². The van der Waals surface area contributed by atoms with Gasteiger partial charge in [-0.05, 0) is 64.2 Å². The molecule has 0 spiro atoms. The number of hydrogen-bond acceptors (Lipinski definition) is 3. The van der Waals surface area contributed by atoms with Gasteiger partial charge in [0.05, 0.1) is 11.4 Å². The van der Waals surface area contributed by atoms with E-state index in [0.717, 1.165) is 75.9 Å². The molecule has 0 fully saturated rings. The third kappa shape index (κ3) is 7.72. The van der Waals surface area contributed by atoms with Crippen molar-refractivity contribution in [3.8, 4) is 5.69 Å². The first kappa shape index (κ1) is 22.0. The number of nitrogens with zero attached hydrogens (tertiary/aromatic N) is 3. The summed E-state index contributed by atoms with van der Waals surface area (Å²) in [6, 6.07) is 10.2. The average molecular weight is 386 g/mol. The number of aliphatic imine (C=N–C) groups is 1. The van der Waals surface area contributed by atoms with Crippen LogP contribution in [0, 0.1) is 6.92 Å². The number of nitrogens with one attached hydrogen (secondary N) is 2. The molecule has 1 aromatic heterocycles. The number of unbranched alkanes of at least 4 members (excludes halogenated alkanes) is 1. The Hall–Kier alpha value is -2.34. The number of guanidine groups is 1. The van der Waals surface area contributed by atoms with E-state index in [1.54, 1.807) is 0 Å². The molecule has 0 aliphatic rings. The molecular weight excluding hydrogens is 350 g/mol. The zero-order chi connectivity index (χ0) is 20.0. The van der Waals surface area contributed by atoms with Crippen LogP contribution in [-0.4, -0.2) is 48.6 Å². The lowest BCUT2D eigenvalue weighted by molar-refractivity contribution is 0.143. The van der Waals surface area contributed by atoms with Crippen LogP contribution in [-0.2, 0) is 11.2 Å². The Morgan fingerprint density at radius 2 is 1.93 bits per heavy atom. The van der Waals surface area contributed by atoms with E-state index in [-0.39, 0.29) is 0 Å². The van der Waals surface area contributed by atoms with Crippen LogP contribution >= 0.6 is 0 Å². The predicted molar refractivity (Wildman–Crippen MR) is 116 cm³/mol. The van der Waals surface area contributed by atoms with E-state index in [1.165, 1.54) is 5.56 Å². The molecule has 0 saturated heterocycles. The molecule has 6 heteroatoms. The van der Waals surface area contributed by atoms with Crippen LogP contribution in [0.25, 0.3) is 5.69 Å². The van der Waals surface area contributed by atoms with Crippen molar-refractivity contribution in [3.63, 3.8) is 0 Å². The first-order chi connectivity index (χ1) is 13.7. The van der Waals surface area contributed by atoms with Gasteiger partial charge in [-0.2, -0.15) is 5.10 Å². The maximum atomic E-state index is 5.37. The lowest BCUT2D eigenvalue weighted by atomic mass is 10.1. The SMILES string of the molecule is CCNC(=NCCCc1cn(-c2ccccc2)nc1C)NCCCCOCC. The van der Waals surface area contributed by atoms with Gasteiger partial charge >= 0.3 is 0 Å². The van der Waals surface area contributed by atoms with Crippen molar-refractivity contribution in [3.05, 3.63) is 47.8 Å². The Morgan fingerprint density at radius 1 is 1.11 bits per heavy atom. The average Bonchev–Trinajstić information content (AvgIpc) is 3.09. The van der Waals surface area contributed by atoms with Crippen LogP contribution in [0.1, 0.15) is 44.4 Å². The summed E-state index contributed by atoms with van der Waals surface area (Å²) in [7, 11) is 0. The molecule has 0 radical (unpaired) electrons. The van der Waals surface area contributed by atoms with Crippen LogP contribution in [0.3, 0.4) is 0 Å². The first-order valence-corrected chi connectivity index (χ1v) is 10.4. The Bertz CT molecular complexity index is 696. The Kier molecular flexibility index (Phi) is 10.1. The Balaban J connectivity index is 1.76. The van der Waals surface area contributed by atoms with Crippen molar-refractivity contribution in [2.75, 3.05) is 32.8 Å². The van der Waals surface area contributed by atoms with Crippen LogP contribution in [0.2, 0.25) is 0 Å². The Labute approximate surface area is 169 Å². The van der Waals surface area contributed by atoms with Crippen molar-refractivity contribution >= 4 is 5.96 Å². The lowest BCUT2D eigenvalue weighted by Gasteiger charge is -2.11. The number of aryl methyl sites for hydroxylation is 2. The molecule has 0 aliphatic heterocycles. The first-order valence-electron chi connectivity index (χ1n) is 10.4. The van der Waals surface area contributed by atoms with Crippen molar-refractivity contribution in [1.29, 1.82) is 0 Å². The van der Waals surface area contributed by atoms with Gasteiger partial charge < -0.3 is 15.4 Å². The minimum atomic E-state index is 0.793. The smallest absolute Gasteiger partial charge is 0.191 e. The molecule has 1 heterocycles.